The maximum Gasteiger partial charge on any atom is 0.324 e. The van der Waals surface area contributed by atoms with Gasteiger partial charge in [-0.25, -0.2) is 4.99 Å². The zero-order chi connectivity index (χ0) is 11.7. The SMILES string of the molecule is C#CCNC(N)=NC/C=C/C(N)C(=O)O. The molecule has 0 amide bonds. The van der Waals surface area contributed by atoms with Gasteiger partial charge in [0, 0.05) is 0 Å². The van der Waals surface area contributed by atoms with Crippen molar-refractivity contribution in [2.45, 2.75) is 6.04 Å². The van der Waals surface area contributed by atoms with Gasteiger partial charge in [0.15, 0.2) is 5.96 Å². The molecule has 0 aliphatic rings. The molecule has 6 N–H and O–H groups in total. The molecule has 1 atom stereocenters. The summed E-state index contributed by atoms with van der Waals surface area (Å²) in [5.74, 6) is 1.46. The molecule has 0 rings (SSSR count). The minimum absolute atomic E-state index is 0.210. The van der Waals surface area contributed by atoms with Crippen LogP contribution in [0, 0.1) is 12.3 Å². The lowest BCUT2D eigenvalue weighted by Crippen LogP contribution is -2.32. The molecule has 6 nitrogen and oxygen atoms in total. The first-order chi connectivity index (χ1) is 7.07. The number of nitrogens with one attached hydrogen (secondary N) is 1. The number of carbonyl (C=O) groups is 1. The number of carboxylic acids is 1. The number of guanidine groups is 1. The zero-order valence-corrected chi connectivity index (χ0v) is 8.18. The van der Waals surface area contributed by atoms with E-state index in [4.69, 9.17) is 23.0 Å². The predicted molar refractivity (Wildman–Crippen MR) is 58.1 cm³/mol. The summed E-state index contributed by atoms with van der Waals surface area (Å²) in [5, 5.41) is 11.1. The molecular formula is C9H14N4O2. The summed E-state index contributed by atoms with van der Waals surface area (Å²) in [5.41, 5.74) is 10.6. The second kappa shape index (κ2) is 7.41. The van der Waals surface area contributed by atoms with Gasteiger partial charge in [-0.1, -0.05) is 18.1 Å². The average Bonchev–Trinajstić information content (AvgIpc) is 2.20. The molecule has 15 heavy (non-hydrogen) atoms. The quantitative estimate of drug-likeness (QED) is 0.191. The van der Waals surface area contributed by atoms with E-state index in [9.17, 15) is 4.79 Å². The van der Waals surface area contributed by atoms with Crippen molar-refractivity contribution in [1.29, 1.82) is 0 Å². The zero-order valence-electron chi connectivity index (χ0n) is 8.18. The normalized spacial score (nSPS) is 13.5. The Morgan fingerprint density at radius 3 is 2.93 bits per heavy atom. The molecule has 0 aromatic carbocycles. The summed E-state index contributed by atoms with van der Waals surface area (Å²) >= 11 is 0. The largest absolute Gasteiger partial charge is 0.480 e. The van der Waals surface area contributed by atoms with E-state index >= 15 is 0 Å². The van der Waals surface area contributed by atoms with Gasteiger partial charge >= 0.3 is 5.97 Å². The maximum atomic E-state index is 10.3. The molecule has 0 saturated carbocycles. The number of hydrogen-bond acceptors (Lipinski definition) is 3. The Bertz CT molecular complexity index is 304. The number of aliphatic imine (C=N–C) groups is 1. The van der Waals surface area contributed by atoms with Crippen LogP contribution in [0.15, 0.2) is 17.1 Å². The van der Waals surface area contributed by atoms with Crippen molar-refractivity contribution in [3.8, 4) is 12.3 Å². The smallest absolute Gasteiger partial charge is 0.324 e. The highest BCUT2D eigenvalue weighted by molar-refractivity contribution is 5.78. The Morgan fingerprint density at radius 2 is 2.40 bits per heavy atom. The Morgan fingerprint density at radius 1 is 1.73 bits per heavy atom. The van der Waals surface area contributed by atoms with Crippen LogP contribution >= 0.6 is 0 Å². The number of rotatable bonds is 5. The lowest BCUT2D eigenvalue weighted by atomic mass is 10.3. The van der Waals surface area contributed by atoms with Crippen LogP contribution in [0.3, 0.4) is 0 Å². The summed E-state index contributed by atoms with van der Waals surface area (Å²) in [6.45, 7) is 0.554. The van der Waals surface area contributed by atoms with Gasteiger partial charge in [0.2, 0.25) is 0 Å². The van der Waals surface area contributed by atoms with Gasteiger partial charge in [0.25, 0.3) is 0 Å². The predicted octanol–water partition coefficient (Wildman–Crippen LogP) is -1.51. The van der Waals surface area contributed by atoms with Crippen LogP contribution in [-0.4, -0.2) is 36.2 Å². The van der Waals surface area contributed by atoms with Crippen molar-refractivity contribution in [1.82, 2.24) is 5.32 Å². The van der Waals surface area contributed by atoms with E-state index in [0.717, 1.165) is 0 Å². The molecule has 0 spiro atoms. The van der Waals surface area contributed by atoms with Crippen LogP contribution in [0.1, 0.15) is 0 Å². The van der Waals surface area contributed by atoms with E-state index in [2.05, 4.69) is 16.2 Å². The highest BCUT2D eigenvalue weighted by Gasteiger charge is 2.04. The lowest BCUT2D eigenvalue weighted by Gasteiger charge is -1.99. The number of carboxylic acid groups (broad SMARTS) is 1. The molecule has 0 aliphatic carbocycles. The molecule has 0 heterocycles. The Labute approximate surface area is 88.0 Å². The fourth-order valence-corrected chi connectivity index (χ4v) is 0.638. The van der Waals surface area contributed by atoms with E-state index in [1.807, 2.05) is 0 Å². The van der Waals surface area contributed by atoms with Crippen molar-refractivity contribution >= 4 is 11.9 Å². The number of terminal acetylenes is 1. The summed E-state index contributed by atoms with van der Waals surface area (Å²) in [6.07, 6.45) is 7.84. The second-order valence-corrected chi connectivity index (χ2v) is 2.58. The first-order valence-electron chi connectivity index (χ1n) is 4.20. The maximum absolute atomic E-state index is 10.3. The summed E-state index contributed by atoms with van der Waals surface area (Å²) in [6, 6.07) is -1.01. The van der Waals surface area contributed by atoms with E-state index in [1.54, 1.807) is 0 Å². The monoisotopic (exact) mass is 210 g/mol. The van der Waals surface area contributed by atoms with Crippen molar-refractivity contribution in [2.24, 2.45) is 16.5 Å². The van der Waals surface area contributed by atoms with Gasteiger partial charge in [-0.05, 0) is 0 Å². The third-order valence-electron chi connectivity index (χ3n) is 1.37. The molecule has 1 unspecified atom stereocenters. The average molecular weight is 210 g/mol. The van der Waals surface area contributed by atoms with Crippen LogP contribution < -0.4 is 16.8 Å². The number of nitrogens with two attached hydrogens (primary N) is 2. The fraction of sp³-hybridized carbons (Fsp3) is 0.333. The topological polar surface area (TPSA) is 114 Å². The molecule has 82 valence electrons. The van der Waals surface area contributed by atoms with Crippen LogP contribution in [-0.2, 0) is 4.79 Å². The van der Waals surface area contributed by atoms with Crippen molar-refractivity contribution < 1.29 is 9.90 Å². The van der Waals surface area contributed by atoms with Crippen LogP contribution in [0.4, 0.5) is 0 Å². The molecule has 0 fully saturated rings. The number of aliphatic carboxylic acids is 1. The van der Waals surface area contributed by atoms with E-state index in [0.29, 0.717) is 6.54 Å². The molecule has 0 aliphatic heterocycles. The van der Waals surface area contributed by atoms with Gasteiger partial charge in [-0.15, -0.1) is 6.42 Å². The van der Waals surface area contributed by atoms with Gasteiger partial charge in [0.1, 0.15) is 6.04 Å². The first kappa shape index (κ1) is 13.0. The molecular weight excluding hydrogens is 196 g/mol. The molecule has 0 aromatic rings. The Balaban J connectivity index is 3.87. The minimum atomic E-state index is -1.09. The molecule has 0 radical (unpaired) electrons. The standard InChI is InChI=1S/C9H14N4O2/c1-2-5-12-9(11)13-6-3-4-7(10)8(14)15/h1,3-4,7H,5-6,10H2,(H,14,15)(H3,11,12,13)/b4-3+. The van der Waals surface area contributed by atoms with Crippen LogP contribution in [0.5, 0.6) is 0 Å². The first-order valence-corrected chi connectivity index (χ1v) is 4.20. The van der Waals surface area contributed by atoms with Crippen molar-refractivity contribution in [3.05, 3.63) is 12.2 Å². The number of nitrogens with zero attached hydrogens (tertiary/aromatic N) is 1. The summed E-state index contributed by atoms with van der Waals surface area (Å²) < 4.78 is 0. The Hall–Kier alpha value is -2.00. The minimum Gasteiger partial charge on any atom is -0.480 e. The highest BCUT2D eigenvalue weighted by atomic mass is 16.4. The van der Waals surface area contributed by atoms with E-state index < -0.39 is 12.0 Å². The van der Waals surface area contributed by atoms with E-state index in [1.165, 1.54) is 12.2 Å². The summed E-state index contributed by atoms with van der Waals surface area (Å²) in [4.78, 5) is 14.1. The third-order valence-corrected chi connectivity index (χ3v) is 1.37. The van der Waals surface area contributed by atoms with Gasteiger partial charge in [-0.3, -0.25) is 4.79 Å². The van der Waals surface area contributed by atoms with Crippen LogP contribution in [0.2, 0.25) is 0 Å². The number of hydrogen-bond donors (Lipinski definition) is 4. The lowest BCUT2D eigenvalue weighted by molar-refractivity contribution is -0.137. The van der Waals surface area contributed by atoms with Crippen LogP contribution in [0.25, 0.3) is 0 Å². The fourth-order valence-electron chi connectivity index (χ4n) is 0.638. The highest BCUT2D eigenvalue weighted by Crippen LogP contribution is 1.83. The molecule has 0 aromatic heterocycles. The molecule has 6 heteroatoms. The second-order valence-electron chi connectivity index (χ2n) is 2.58. The molecule has 0 bridgehead atoms. The van der Waals surface area contributed by atoms with Gasteiger partial charge in [-0.2, -0.15) is 0 Å². The van der Waals surface area contributed by atoms with Crippen molar-refractivity contribution in [3.63, 3.8) is 0 Å². The Kier molecular flexibility index (Phi) is 6.42. The summed E-state index contributed by atoms with van der Waals surface area (Å²) in [7, 11) is 0. The van der Waals surface area contributed by atoms with Gasteiger partial charge < -0.3 is 21.9 Å². The molecule has 0 saturated heterocycles. The van der Waals surface area contributed by atoms with Gasteiger partial charge in [0.05, 0.1) is 13.1 Å². The van der Waals surface area contributed by atoms with Crippen molar-refractivity contribution in [2.75, 3.05) is 13.1 Å². The third kappa shape index (κ3) is 7.10. The van der Waals surface area contributed by atoms with E-state index in [-0.39, 0.29) is 12.5 Å².